The van der Waals surface area contributed by atoms with Gasteiger partial charge in [-0.3, -0.25) is 0 Å². The number of ether oxygens (including phenoxy) is 1. The number of aliphatic hydroxyl groups is 1. The van der Waals surface area contributed by atoms with Crippen molar-refractivity contribution in [1.29, 1.82) is 0 Å². The van der Waals surface area contributed by atoms with E-state index in [0.29, 0.717) is 0 Å². The Morgan fingerprint density at radius 1 is 1.48 bits per heavy atom. The topological polar surface area (TPSA) is 61.8 Å². The van der Waals surface area contributed by atoms with Crippen LogP contribution in [0, 0.1) is 5.92 Å². The summed E-state index contributed by atoms with van der Waals surface area (Å²) in [5.74, 6) is 0.159. The summed E-state index contributed by atoms with van der Waals surface area (Å²) >= 11 is 0. The van der Waals surface area contributed by atoms with Crippen LogP contribution in [0.15, 0.2) is 24.3 Å². The van der Waals surface area contributed by atoms with Crippen molar-refractivity contribution < 1.29 is 23.4 Å². The van der Waals surface area contributed by atoms with Crippen molar-refractivity contribution >= 4 is 11.7 Å². The Morgan fingerprint density at radius 2 is 2.14 bits per heavy atom. The maximum absolute atomic E-state index is 12.3. The van der Waals surface area contributed by atoms with E-state index >= 15 is 0 Å². The lowest BCUT2D eigenvalue weighted by Gasteiger charge is -2.22. The van der Waals surface area contributed by atoms with Crippen LogP contribution in [0.2, 0.25) is 0 Å². The second-order valence-electron chi connectivity index (χ2n) is 5.09. The van der Waals surface area contributed by atoms with E-state index < -0.39 is 18.7 Å². The highest BCUT2D eigenvalue weighted by Crippen LogP contribution is 2.33. The summed E-state index contributed by atoms with van der Waals surface area (Å²) in [6.45, 7) is -2.76. The molecule has 21 heavy (non-hydrogen) atoms. The van der Waals surface area contributed by atoms with Gasteiger partial charge in [-0.2, -0.15) is 8.78 Å². The number of carbonyl (C=O) groups is 1. The average molecular weight is 300 g/mol. The van der Waals surface area contributed by atoms with E-state index in [-0.39, 0.29) is 23.9 Å². The lowest BCUT2D eigenvalue weighted by atomic mass is 10.2. The Morgan fingerprint density at radius 3 is 2.76 bits per heavy atom. The van der Waals surface area contributed by atoms with Crippen molar-refractivity contribution in [2.24, 2.45) is 5.92 Å². The van der Waals surface area contributed by atoms with Crippen molar-refractivity contribution in [3.05, 3.63) is 24.3 Å². The summed E-state index contributed by atoms with van der Waals surface area (Å²) in [5, 5.41) is 12.3. The fraction of sp³-hybridized carbons (Fsp3) is 0.500. The molecule has 1 aliphatic rings. The Labute approximate surface area is 121 Å². The van der Waals surface area contributed by atoms with Crippen LogP contribution in [0.5, 0.6) is 5.75 Å². The number of carbonyl (C=O) groups excluding carboxylic acids is 1. The Balaban J connectivity index is 1.94. The Bertz CT molecular complexity index is 495. The molecule has 1 unspecified atom stereocenters. The predicted octanol–water partition coefficient (Wildman–Crippen LogP) is 2.52. The molecule has 2 amide bonds. The molecule has 1 saturated carbocycles. The van der Waals surface area contributed by atoms with Gasteiger partial charge in [0.05, 0.1) is 11.8 Å². The first-order chi connectivity index (χ1) is 9.97. The van der Waals surface area contributed by atoms with E-state index in [0.717, 1.165) is 12.8 Å². The quantitative estimate of drug-likeness (QED) is 0.848. The second-order valence-corrected chi connectivity index (χ2v) is 5.09. The lowest BCUT2D eigenvalue weighted by Crippen LogP contribution is -2.38. The highest BCUT2D eigenvalue weighted by Gasteiger charge is 2.31. The van der Waals surface area contributed by atoms with Gasteiger partial charge in [0, 0.05) is 13.6 Å². The SMILES string of the molecule is CN(CC(O)C1CC1)C(=O)Nc1ccccc1OC(F)F. The number of anilines is 1. The summed E-state index contributed by atoms with van der Waals surface area (Å²) in [7, 11) is 1.54. The van der Waals surface area contributed by atoms with Crippen molar-refractivity contribution in [1.82, 2.24) is 4.90 Å². The van der Waals surface area contributed by atoms with Crippen LogP contribution in [-0.4, -0.2) is 42.3 Å². The number of hydrogen-bond acceptors (Lipinski definition) is 3. The van der Waals surface area contributed by atoms with E-state index in [9.17, 15) is 18.7 Å². The number of likely N-dealkylation sites (N-methyl/N-ethyl adjacent to an activating group) is 1. The number of urea groups is 1. The van der Waals surface area contributed by atoms with Crippen LogP contribution >= 0.6 is 0 Å². The zero-order valence-electron chi connectivity index (χ0n) is 11.6. The van der Waals surface area contributed by atoms with Crippen molar-refractivity contribution in [2.75, 3.05) is 18.9 Å². The monoisotopic (exact) mass is 300 g/mol. The Hall–Kier alpha value is -1.89. The third-order valence-corrected chi connectivity index (χ3v) is 3.32. The molecular weight excluding hydrogens is 282 g/mol. The first-order valence-corrected chi connectivity index (χ1v) is 6.71. The van der Waals surface area contributed by atoms with Gasteiger partial charge < -0.3 is 20.1 Å². The van der Waals surface area contributed by atoms with Gasteiger partial charge in [0.25, 0.3) is 0 Å². The third-order valence-electron chi connectivity index (χ3n) is 3.32. The number of halogens is 2. The van der Waals surface area contributed by atoms with Crippen LogP contribution in [0.25, 0.3) is 0 Å². The van der Waals surface area contributed by atoms with E-state index in [4.69, 9.17) is 0 Å². The third kappa shape index (κ3) is 4.56. The minimum atomic E-state index is -2.96. The van der Waals surface area contributed by atoms with Gasteiger partial charge in [0.15, 0.2) is 0 Å². The largest absolute Gasteiger partial charge is 0.433 e. The first-order valence-electron chi connectivity index (χ1n) is 6.71. The lowest BCUT2D eigenvalue weighted by molar-refractivity contribution is -0.0493. The summed E-state index contributed by atoms with van der Waals surface area (Å²) < 4.78 is 28.9. The number of benzene rings is 1. The number of nitrogens with one attached hydrogen (secondary N) is 1. The van der Waals surface area contributed by atoms with Gasteiger partial charge in [-0.15, -0.1) is 0 Å². The van der Waals surface area contributed by atoms with Gasteiger partial charge in [0.2, 0.25) is 0 Å². The highest BCUT2D eigenvalue weighted by atomic mass is 19.3. The highest BCUT2D eigenvalue weighted by molar-refractivity contribution is 5.90. The molecule has 0 saturated heterocycles. The number of para-hydroxylation sites is 2. The maximum atomic E-state index is 12.3. The molecule has 0 heterocycles. The molecule has 116 valence electrons. The van der Waals surface area contributed by atoms with Crippen LogP contribution in [-0.2, 0) is 0 Å². The minimum absolute atomic E-state index is 0.100. The molecule has 1 fully saturated rings. The predicted molar refractivity (Wildman–Crippen MR) is 73.5 cm³/mol. The summed E-state index contributed by atoms with van der Waals surface area (Å²) in [6, 6.07) is 5.47. The molecule has 1 atom stereocenters. The van der Waals surface area contributed by atoms with Gasteiger partial charge in [0.1, 0.15) is 5.75 Å². The molecule has 0 radical (unpaired) electrons. The summed E-state index contributed by atoms with van der Waals surface area (Å²) in [4.78, 5) is 13.3. The van der Waals surface area contributed by atoms with Crippen molar-refractivity contribution in [2.45, 2.75) is 25.6 Å². The van der Waals surface area contributed by atoms with E-state index in [1.54, 1.807) is 6.07 Å². The van der Waals surface area contributed by atoms with Crippen LogP contribution < -0.4 is 10.1 Å². The normalized spacial score (nSPS) is 15.7. The number of nitrogens with zero attached hydrogens (tertiary/aromatic N) is 1. The van der Waals surface area contributed by atoms with Gasteiger partial charge >= 0.3 is 12.6 Å². The molecule has 1 aliphatic carbocycles. The summed E-state index contributed by atoms with van der Waals surface area (Å²) in [6.07, 6.45) is 1.40. The number of amides is 2. The molecule has 2 rings (SSSR count). The fourth-order valence-electron chi connectivity index (χ4n) is 1.97. The van der Waals surface area contributed by atoms with E-state index in [1.807, 2.05) is 0 Å². The zero-order chi connectivity index (χ0) is 15.4. The summed E-state index contributed by atoms with van der Waals surface area (Å²) in [5.41, 5.74) is 0.163. The van der Waals surface area contributed by atoms with Crippen molar-refractivity contribution in [3.8, 4) is 5.75 Å². The van der Waals surface area contributed by atoms with Crippen molar-refractivity contribution in [3.63, 3.8) is 0 Å². The fourth-order valence-corrected chi connectivity index (χ4v) is 1.97. The standard InChI is InChI=1S/C14H18F2N2O3/c1-18(8-11(19)9-6-7-9)14(20)17-10-4-2-3-5-12(10)21-13(15)16/h2-5,9,11,13,19H,6-8H2,1H3,(H,17,20). The van der Waals surface area contributed by atoms with E-state index in [1.165, 1.54) is 30.1 Å². The molecule has 2 N–H and O–H groups in total. The van der Waals surface area contributed by atoms with Crippen LogP contribution in [0.4, 0.5) is 19.3 Å². The van der Waals surface area contributed by atoms with E-state index in [2.05, 4.69) is 10.1 Å². The molecule has 7 heteroatoms. The Kier molecular flexibility index (Phi) is 4.95. The smallest absolute Gasteiger partial charge is 0.387 e. The zero-order valence-corrected chi connectivity index (χ0v) is 11.6. The molecule has 0 bridgehead atoms. The second kappa shape index (κ2) is 6.71. The first kappa shape index (κ1) is 15.5. The van der Waals surface area contributed by atoms with Gasteiger partial charge in [-0.05, 0) is 30.9 Å². The molecule has 5 nitrogen and oxygen atoms in total. The molecular formula is C14H18F2N2O3. The molecule has 0 spiro atoms. The number of alkyl halides is 2. The molecule has 1 aromatic rings. The van der Waals surface area contributed by atoms with Crippen LogP contribution in [0.3, 0.4) is 0 Å². The minimum Gasteiger partial charge on any atom is -0.433 e. The average Bonchev–Trinajstić information content (AvgIpc) is 3.24. The van der Waals surface area contributed by atoms with Gasteiger partial charge in [-0.25, -0.2) is 4.79 Å². The number of aliphatic hydroxyl groups excluding tert-OH is 1. The number of hydrogen-bond donors (Lipinski definition) is 2. The molecule has 1 aromatic carbocycles. The van der Waals surface area contributed by atoms with Crippen LogP contribution in [0.1, 0.15) is 12.8 Å². The molecule has 0 aromatic heterocycles. The van der Waals surface area contributed by atoms with Gasteiger partial charge in [-0.1, -0.05) is 12.1 Å². The molecule has 0 aliphatic heterocycles. The number of rotatable bonds is 6. The maximum Gasteiger partial charge on any atom is 0.387 e.